The SMILES string of the molecule is CCCNC1CCC(c2cc(C)c(OC)cc2C)C1C. The van der Waals surface area contributed by atoms with Gasteiger partial charge in [-0.1, -0.05) is 19.9 Å². The molecule has 1 aliphatic carbocycles. The molecule has 1 aromatic rings. The van der Waals surface area contributed by atoms with E-state index in [0.717, 1.165) is 12.3 Å². The van der Waals surface area contributed by atoms with Crippen molar-refractivity contribution in [3.05, 3.63) is 28.8 Å². The fraction of sp³-hybridized carbons (Fsp3) is 0.667. The number of nitrogens with one attached hydrogen (secondary N) is 1. The second kappa shape index (κ2) is 6.62. The first kappa shape index (κ1) is 15.4. The van der Waals surface area contributed by atoms with Crippen molar-refractivity contribution in [1.82, 2.24) is 5.32 Å². The molecule has 0 radical (unpaired) electrons. The van der Waals surface area contributed by atoms with E-state index in [4.69, 9.17) is 4.74 Å². The highest BCUT2D eigenvalue weighted by atomic mass is 16.5. The van der Waals surface area contributed by atoms with Gasteiger partial charge in [-0.2, -0.15) is 0 Å². The number of ether oxygens (including phenoxy) is 1. The molecule has 0 amide bonds. The maximum Gasteiger partial charge on any atom is 0.122 e. The average Bonchev–Trinajstić information content (AvgIpc) is 2.79. The highest BCUT2D eigenvalue weighted by Gasteiger charge is 2.34. The van der Waals surface area contributed by atoms with Crippen LogP contribution >= 0.6 is 0 Å². The molecule has 0 spiro atoms. The van der Waals surface area contributed by atoms with Crippen LogP contribution in [-0.2, 0) is 0 Å². The minimum atomic E-state index is 0.682. The molecule has 3 atom stereocenters. The molecule has 0 aliphatic heterocycles. The summed E-state index contributed by atoms with van der Waals surface area (Å²) in [5, 5.41) is 3.71. The lowest BCUT2D eigenvalue weighted by atomic mass is 9.85. The standard InChI is InChI=1S/C18H29NO/c1-6-9-19-17-8-7-15(14(17)4)16-10-13(3)18(20-5)11-12(16)2/h10-11,14-15,17,19H,6-9H2,1-5H3. The summed E-state index contributed by atoms with van der Waals surface area (Å²) in [6, 6.07) is 5.23. The fourth-order valence-corrected chi connectivity index (χ4v) is 3.65. The van der Waals surface area contributed by atoms with Gasteiger partial charge in [-0.3, -0.25) is 0 Å². The van der Waals surface area contributed by atoms with Crippen LogP contribution in [0.5, 0.6) is 5.75 Å². The van der Waals surface area contributed by atoms with Gasteiger partial charge in [0.2, 0.25) is 0 Å². The van der Waals surface area contributed by atoms with Crippen molar-refractivity contribution in [2.75, 3.05) is 13.7 Å². The van der Waals surface area contributed by atoms with Crippen LogP contribution in [0, 0.1) is 19.8 Å². The third-order valence-corrected chi connectivity index (χ3v) is 4.90. The molecule has 0 heterocycles. The first-order valence-corrected chi connectivity index (χ1v) is 7.97. The van der Waals surface area contributed by atoms with E-state index in [1.54, 1.807) is 7.11 Å². The molecule has 1 N–H and O–H groups in total. The van der Waals surface area contributed by atoms with Crippen LogP contribution in [-0.4, -0.2) is 19.7 Å². The van der Waals surface area contributed by atoms with Gasteiger partial charge in [0.1, 0.15) is 5.75 Å². The molecule has 112 valence electrons. The molecule has 1 aromatic carbocycles. The zero-order chi connectivity index (χ0) is 14.7. The van der Waals surface area contributed by atoms with Gasteiger partial charge in [-0.05, 0) is 74.2 Å². The monoisotopic (exact) mass is 275 g/mol. The minimum absolute atomic E-state index is 0.682. The van der Waals surface area contributed by atoms with Gasteiger partial charge < -0.3 is 10.1 Å². The quantitative estimate of drug-likeness (QED) is 0.870. The zero-order valence-corrected chi connectivity index (χ0v) is 13.6. The number of benzene rings is 1. The molecular weight excluding hydrogens is 246 g/mol. The molecule has 1 fully saturated rings. The fourth-order valence-electron chi connectivity index (χ4n) is 3.65. The highest BCUT2D eigenvalue weighted by molar-refractivity contribution is 5.43. The predicted molar refractivity (Wildman–Crippen MR) is 85.7 cm³/mol. The zero-order valence-electron chi connectivity index (χ0n) is 13.6. The second-order valence-electron chi connectivity index (χ2n) is 6.28. The largest absolute Gasteiger partial charge is 0.496 e. The van der Waals surface area contributed by atoms with Gasteiger partial charge in [-0.25, -0.2) is 0 Å². The number of methoxy groups -OCH3 is 1. The maximum atomic E-state index is 5.43. The van der Waals surface area contributed by atoms with Crippen LogP contribution in [0.15, 0.2) is 12.1 Å². The van der Waals surface area contributed by atoms with E-state index < -0.39 is 0 Å². The average molecular weight is 275 g/mol. The summed E-state index contributed by atoms with van der Waals surface area (Å²) in [7, 11) is 1.75. The smallest absolute Gasteiger partial charge is 0.122 e. The van der Waals surface area contributed by atoms with Crippen LogP contribution in [0.3, 0.4) is 0 Å². The normalized spacial score (nSPS) is 25.9. The number of aryl methyl sites for hydroxylation is 2. The van der Waals surface area contributed by atoms with Gasteiger partial charge in [0.25, 0.3) is 0 Å². The Labute approximate surface area is 123 Å². The molecule has 1 saturated carbocycles. The maximum absolute atomic E-state index is 5.43. The third-order valence-electron chi connectivity index (χ3n) is 4.90. The Hall–Kier alpha value is -1.02. The van der Waals surface area contributed by atoms with Crippen LogP contribution in [0.4, 0.5) is 0 Å². The molecule has 2 nitrogen and oxygen atoms in total. The lowest BCUT2D eigenvalue weighted by Crippen LogP contribution is -2.32. The van der Waals surface area contributed by atoms with Crippen LogP contribution in [0.2, 0.25) is 0 Å². The molecule has 0 saturated heterocycles. The van der Waals surface area contributed by atoms with E-state index in [0.29, 0.717) is 17.9 Å². The summed E-state index contributed by atoms with van der Waals surface area (Å²) in [6.07, 6.45) is 3.82. The Balaban J connectivity index is 2.18. The second-order valence-corrected chi connectivity index (χ2v) is 6.28. The summed E-state index contributed by atoms with van der Waals surface area (Å²) >= 11 is 0. The Morgan fingerprint density at radius 3 is 2.60 bits per heavy atom. The first-order chi connectivity index (χ1) is 9.58. The van der Waals surface area contributed by atoms with Gasteiger partial charge >= 0.3 is 0 Å². The summed E-state index contributed by atoms with van der Waals surface area (Å²) in [6.45, 7) is 10.2. The number of hydrogen-bond acceptors (Lipinski definition) is 2. The number of hydrogen-bond donors (Lipinski definition) is 1. The van der Waals surface area contributed by atoms with Crippen LogP contribution in [0.25, 0.3) is 0 Å². The topological polar surface area (TPSA) is 21.3 Å². The van der Waals surface area contributed by atoms with Crippen LogP contribution < -0.4 is 10.1 Å². The van der Waals surface area contributed by atoms with Crippen molar-refractivity contribution < 1.29 is 4.74 Å². The third kappa shape index (κ3) is 3.01. The van der Waals surface area contributed by atoms with E-state index in [9.17, 15) is 0 Å². The van der Waals surface area contributed by atoms with E-state index in [1.165, 1.54) is 36.0 Å². The van der Waals surface area contributed by atoms with Gasteiger partial charge in [0, 0.05) is 6.04 Å². The van der Waals surface area contributed by atoms with E-state index >= 15 is 0 Å². The predicted octanol–water partition coefficient (Wildman–Crippen LogP) is 4.19. The van der Waals surface area contributed by atoms with Gasteiger partial charge in [0.05, 0.1) is 7.11 Å². The van der Waals surface area contributed by atoms with Crippen molar-refractivity contribution in [2.45, 2.75) is 58.9 Å². The van der Waals surface area contributed by atoms with Crippen LogP contribution in [0.1, 0.15) is 55.7 Å². The Bertz CT molecular complexity index is 455. The summed E-state index contributed by atoms with van der Waals surface area (Å²) in [5.41, 5.74) is 4.15. The highest BCUT2D eigenvalue weighted by Crippen LogP contribution is 2.42. The van der Waals surface area contributed by atoms with E-state index in [2.05, 4.69) is 45.1 Å². The molecule has 1 aliphatic rings. The van der Waals surface area contributed by atoms with Gasteiger partial charge in [-0.15, -0.1) is 0 Å². The molecule has 20 heavy (non-hydrogen) atoms. The van der Waals surface area contributed by atoms with Crippen molar-refractivity contribution in [3.63, 3.8) is 0 Å². The van der Waals surface area contributed by atoms with Crippen molar-refractivity contribution in [1.29, 1.82) is 0 Å². The van der Waals surface area contributed by atoms with Crippen molar-refractivity contribution in [3.8, 4) is 5.75 Å². The first-order valence-electron chi connectivity index (χ1n) is 7.97. The minimum Gasteiger partial charge on any atom is -0.496 e. The lowest BCUT2D eigenvalue weighted by molar-refractivity contribution is 0.401. The summed E-state index contributed by atoms with van der Waals surface area (Å²) < 4.78 is 5.43. The van der Waals surface area contributed by atoms with E-state index in [1.807, 2.05) is 0 Å². The Kier molecular flexibility index (Phi) is 5.09. The molecule has 3 unspecified atom stereocenters. The van der Waals surface area contributed by atoms with Gasteiger partial charge in [0.15, 0.2) is 0 Å². The van der Waals surface area contributed by atoms with Crippen molar-refractivity contribution >= 4 is 0 Å². The molecule has 2 rings (SSSR count). The lowest BCUT2D eigenvalue weighted by Gasteiger charge is -2.24. The van der Waals surface area contributed by atoms with Crippen molar-refractivity contribution in [2.24, 2.45) is 5.92 Å². The van der Waals surface area contributed by atoms with E-state index in [-0.39, 0.29) is 0 Å². The Morgan fingerprint density at radius 2 is 1.95 bits per heavy atom. The molecule has 0 aromatic heterocycles. The molecular formula is C18H29NO. The molecule has 0 bridgehead atoms. The Morgan fingerprint density at radius 1 is 1.20 bits per heavy atom. The summed E-state index contributed by atoms with van der Waals surface area (Å²) in [4.78, 5) is 0. The molecule has 2 heteroatoms. The number of rotatable bonds is 5. The summed E-state index contributed by atoms with van der Waals surface area (Å²) in [5.74, 6) is 2.42.